The highest BCUT2D eigenvalue weighted by molar-refractivity contribution is 5.79. The van der Waals surface area contributed by atoms with Crippen LogP contribution >= 0.6 is 0 Å². The van der Waals surface area contributed by atoms with Gasteiger partial charge in [0, 0.05) is 17.3 Å². The van der Waals surface area contributed by atoms with E-state index in [4.69, 9.17) is 13.6 Å². The number of nitrogens with zero attached hydrogens (tertiary/aromatic N) is 2. The van der Waals surface area contributed by atoms with Crippen molar-refractivity contribution in [3.05, 3.63) is 67.2 Å². The summed E-state index contributed by atoms with van der Waals surface area (Å²) in [5, 5.41) is 3.18. The molecule has 0 radical (unpaired) electrons. The molecule has 2 heterocycles. The topological polar surface area (TPSA) is 73.3 Å². The lowest BCUT2D eigenvalue weighted by molar-refractivity contribution is 0.415. The van der Waals surface area contributed by atoms with Gasteiger partial charge in [-0.3, -0.25) is 0 Å². The van der Waals surface area contributed by atoms with Gasteiger partial charge in [-0.1, -0.05) is 18.2 Å². The number of aromatic nitrogens is 2. The highest BCUT2D eigenvalue weighted by Crippen LogP contribution is 2.33. The Balaban J connectivity index is 1.66. The third kappa shape index (κ3) is 2.93. The monoisotopic (exact) mass is 347 g/mol. The zero-order valence-corrected chi connectivity index (χ0v) is 14.2. The molecule has 2 aromatic heterocycles. The maximum absolute atomic E-state index is 5.89. The van der Waals surface area contributed by atoms with E-state index in [-0.39, 0.29) is 0 Å². The second-order valence-electron chi connectivity index (χ2n) is 5.68. The first-order valence-electron chi connectivity index (χ1n) is 8.11. The average molecular weight is 347 g/mol. The van der Waals surface area contributed by atoms with E-state index < -0.39 is 0 Å². The number of fused-ring (bicyclic) bond motifs is 1. The number of para-hydroxylation sites is 1. The van der Waals surface area contributed by atoms with Crippen LogP contribution in [0, 0.1) is 0 Å². The summed E-state index contributed by atoms with van der Waals surface area (Å²) in [6, 6.07) is 12.0. The van der Waals surface area contributed by atoms with Crippen LogP contribution in [0.5, 0.6) is 5.75 Å². The Morgan fingerprint density at radius 2 is 2.19 bits per heavy atom. The number of allylic oxidation sites excluding steroid dienone is 1. The van der Waals surface area contributed by atoms with Crippen LogP contribution in [-0.2, 0) is 6.42 Å². The molecule has 26 heavy (non-hydrogen) atoms. The molecule has 0 fully saturated rings. The maximum Gasteiger partial charge on any atom is 0.300 e. The molecule has 0 bridgehead atoms. The average Bonchev–Trinajstić information content (AvgIpc) is 3.32. The molecular formula is C20H17N3O3. The molecule has 0 aliphatic rings. The zero-order valence-electron chi connectivity index (χ0n) is 14.2. The van der Waals surface area contributed by atoms with Crippen molar-refractivity contribution in [1.29, 1.82) is 0 Å². The molecule has 6 nitrogen and oxygen atoms in total. The number of methoxy groups -OCH3 is 1. The second-order valence-corrected chi connectivity index (χ2v) is 5.68. The number of rotatable bonds is 6. The van der Waals surface area contributed by atoms with Gasteiger partial charge < -0.3 is 18.9 Å². The van der Waals surface area contributed by atoms with Crippen LogP contribution in [0.15, 0.2) is 70.5 Å². The summed E-state index contributed by atoms with van der Waals surface area (Å²) < 4.78 is 16.7. The molecule has 0 unspecified atom stereocenters. The number of anilines is 2. The van der Waals surface area contributed by atoms with Gasteiger partial charge in [0.2, 0.25) is 0 Å². The van der Waals surface area contributed by atoms with E-state index in [1.54, 1.807) is 13.3 Å². The molecule has 0 spiro atoms. The zero-order chi connectivity index (χ0) is 17.9. The Kier molecular flexibility index (Phi) is 4.15. The summed E-state index contributed by atoms with van der Waals surface area (Å²) in [6.07, 6.45) is 5.61. The fraction of sp³-hybridized carbons (Fsp3) is 0.100. The van der Waals surface area contributed by atoms with Gasteiger partial charge in [0.1, 0.15) is 11.3 Å². The third-order valence-corrected chi connectivity index (χ3v) is 4.01. The number of hydrogen-bond acceptors (Lipinski definition) is 6. The van der Waals surface area contributed by atoms with Gasteiger partial charge in [0.05, 0.1) is 18.9 Å². The fourth-order valence-corrected chi connectivity index (χ4v) is 2.82. The number of nitrogens with one attached hydrogen (secondary N) is 1. The van der Waals surface area contributed by atoms with Gasteiger partial charge in [0.15, 0.2) is 17.7 Å². The largest absolute Gasteiger partial charge is 0.496 e. The van der Waals surface area contributed by atoms with E-state index in [2.05, 4.69) is 21.9 Å². The molecule has 0 aliphatic carbocycles. The van der Waals surface area contributed by atoms with Crippen LogP contribution in [0.3, 0.4) is 0 Å². The van der Waals surface area contributed by atoms with E-state index in [0.717, 1.165) is 34.3 Å². The predicted molar refractivity (Wildman–Crippen MR) is 99.7 cm³/mol. The molecule has 0 saturated carbocycles. The molecule has 4 aromatic rings. The number of benzene rings is 2. The lowest BCUT2D eigenvalue weighted by atomic mass is 10.1. The molecule has 0 aliphatic heterocycles. The van der Waals surface area contributed by atoms with Gasteiger partial charge in [-0.05, 0) is 24.6 Å². The van der Waals surface area contributed by atoms with Crippen LogP contribution in [0.1, 0.15) is 5.56 Å². The van der Waals surface area contributed by atoms with Crippen LogP contribution < -0.4 is 10.1 Å². The van der Waals surface area contributed by atoms with E-state index in [0.29, 0.717) is 17.5 Å². The van der Waals surface area contributed by atoms with Gasteiger partial charge in [0.25, 0.3) is 6.01 Å². The Hall–Kier alpha value is -3.54. The maximum atomic E-state index is 5.89. The van der Waals surface area contributed by atoms with Crippen molar-refractivity contribution in [3.8, 4) is 17.1 Å². The van der Waals surface area contributed by atoms with Gasteiger partial charge >= 0.3 is 0 Å². The standard InChI is InChI=1S/C20H17N3O3/c1-3-5-13-6-4-7-16-19(13)26-20(23-16)22-14-8-9-15(17(10-14)24-2)18-11-21-12-25-18/h3-4,6-12H,1,5H2,2H3,(H,22,23). The van der Waals surface area contributed by atoms with Gasteiger partial charge in [-0.25, -0.2) is 4.98 Å². The minimum atomic E-state index is 0.422. The van der Waals surface area contributed by atoms with Crippen molar-refractivity contribution in [2.45, 2.75) is 6.42 Å². The first-order chi connectivity index (χ1) is 12.8. The molecule has 130 valence electrons. The smallest absolute Gasteiger partial charge is 0.300 e. The summed E-state index contributed by atoms with van der Waals surface area (Å²) in [4.78, 5) is 8.44. The molecule has 0 atom stereocenters. The number of oxazole rings is 2. The van der Waals surface area contributed by atoms with Crippen molar-refractivity contribution < 1.29 is 13.6 Å². The number of ether oxygens (including phenoxy) is 1. The quantitative estimate of drug-likeness (QED) is 0.497. The summed E-state index contributed by atoms with van der Waals surface area (Å²) >= 11 is 0. The predicted octanol–water partition coefficient (Wildman–Crippen LogP) is 4.96. The lowest BCUT2D eigenvalue weighted by Gasteiger charge is -2.09. The summed E-state index contributed by atoms with van der Waals surface area (Å²) in [7, 11) is 1.61. The Bertz CT molecular complexity index is 1050. The summed E-state index contributed by atoms with van der Waals surface area (Å²) in [5.74, 6) is 1.31. The molecule has 1 N–H and O–H groups in total. The molecule has 4 rings (SSSR count). The van der Waals surface area contributed by atoms with Crippen LogP contribution in [0.25, 0.3) is 22.4 Å². The highest BCUT2D eigenvalue weighted by atomic mass is 16.5. The molecular weight excluding hydrogens is 330 g/mol. The van der Waals surface area contributed by atoms with Crippen molar-refractivity contribution in [3.63, 3.8) is 0 Å². The van der Waals surface area contributed by atoms with Crippen LogP contribution in [0.2, 0.25) is 0 Å². The van der Waals surface area contributed by atoms with Crippen molar-refractivity contribution in [1.82, 2.24) is 9.97 Å². The van der Waals surface area contributed by atoms with E-state index in [1.807, 2.05) is 42.5 Å². The van der Waals surface area contributed by atoms with Gasteiger partial charge in [-0.15, -0.1) is 6.58 Å². The summed E-state index contributed by atoms with van der Waals surface area (Å²) in [6.45, 7) is 3.78. The molecule has 0 amide bonds. The van der Waals surface area contributed by atoms with Gasteiger partial charge in [-0.2, -0.15) is 4.98 Å². The summed E-state index contributed by atoms with van der Waals surface area (Å²) in [5.41, 5.74) is 4.23. The van der Waals surface area contributed by atoms with Crippen molar-refractivity contribution in [2.24, 2.45) is 0 Å². The van der Waals surface area contributed by atoms with Crippen LogP contribution in [-0.4, -0.2) is 17.1 Å². The Morgan fingerprint density at radius 1 is 1.27 bits per heavy atom. The van der Waals surface area contributed by atoms with E-state index in [1.165, 1.54) is 6.39 Å². The van der Waals surface area contributed by atoms with Crippen molar-refractivity contribution in [2.75, 3.05) is 12.4 Å². The Labute approximate surface area is 150 Å². The minimum Gasteiger partial charge on any atom is -0.496 e. The molecule has 0 saturated heterocycles. The van der Waals surface area contributed by atoms with Crippen LogP contribution in [0.4, 0.5) is 11.7 Å². The number of hydrogen-bond donors (Lipinski definition) is 1. The second kappa shape index (κ2) is 6.76. The first-order valence-corrected chi connectivity index (χ1v) is 8.11. The fourth-order valence-electron chi connectivity index (χ4n) is 2.82. The first kappa shape index (κ1) is 16.0. The normalized spacial score (nSPS) is 10.8. The minimum absolute atomic E-state index is 0.422. The highest BCUT2D eigenvalue weighted by Gasteiger charge is 2.13. The molecule has 2 aromatic carbocycles. The third-order valence-electron chi connectivity index (χ3n) is 4.01. The SMILES string of the molecule is C=CCc1cccc2nc(Nc3ccc(-c4cnco4)c(OC)c3)oc12. The molecule has 6 heteroatoms. The van der Waals surface area contributed by atoms with E-state index in [9.17, 15) is 0 Å². The van der Waals surface area contributed by atoms with Crippen molar-refractivity contribution >= 4 is 22.8 Å². The lowest BCUT2D eigenvalue weighted by Crippen LogP contribution is -1.93. The Morgan fingerprint density at radius 3 is 2.96 bits per heavy atom. The van der Waals surface area contributed by atoms with E-state index >= 15 is 0 Å².